The fraction of sp³-hybridized carbons (Fsp3) is 0.316. The molecule has 0 atom stereocenters. The lowest BCUT2D eigenvalue weighted by Crippen LogP contribution is -2.50. The number of aromatic nitrogens is 1. The van der Waals surface area contributed by atoms with E-state index in [1.54, 1.807) is 28.4 Å². The van der Waals surface area contributed by atoms with E-state index in [4.69, 9.17) is 4.42 Å². The lowest BCUT2D eigenvalue weighted by atomic mass is 10.2. The van der Waals surface area contributed by atoms with Crippen LogP contribution in [0.5, 0.6) is 0 Å². The van der Waals surface area contributed by atoms with E-state index < -0.39 is 0 Å². The first kappa shape index (κ1) is 16.8. The van der Waals surface area contributed by atoms with Crippen LogP contribution < -0.4 is 0 Å². The molecule has 3 aromatic rings. The summed E-state index contributed by atoms with van der Waals surface area (Å²) < 4.78 is 6.31. The number of para-hydroxylation sites is 1. The zero-order valence-corrected chi connectivity index (χ0v) is 15.1. The van der Waals surface area contributed by atoms with Gasteiger partial charge in [0.2, 0.25) is 5.91 Å². The Morgan fingerprint density at radius 3 is 2.54 bits per heavy atom. The monoisotopic (exact) mass is 369 g/mol. The molecule has 0 saturated carbocycles. The number of hydrogen-bond donors (Lipinski definition) is 0. The number of aryl methyl sites for hydroxylation is 1. The summed E-state index contributed by atoms with van der Waals surface area (Å²) in [6.45, 7) is 2.19. The molecule has 0 spiro atoms. The van der Waals surface area contributed by atoms with Crippen molar-refractivity contribution in [1.29, 1.82) is 0 Å². The molecule has 7 heteroatoms. The quantitative estimate of drug-likeness (QED) is 0.709. The van der Waals surface area contributed by atoms with Gasteiger partial charge < -0.3 is 14.2 Å². The van der Waals surface area contributed by atoms with Gasteiger partial charge in [-0.3, -0.25) is 9.59 Å². The number of nitrogens with zero attached hydrogens (tertiary/aromatic N) is 3. The highest BCUT2D eigenvalue weighted by Crippen LogP contribution is 2.22. The predicted octanol–water partition coefficient (Wildman–Crippen LogP) is 2.81. The fourth-order valence-electron chi connectivity index (χ4n) is 3.11. The Bertz CT molecular complexity index is 878. The third-order valence-corrected chi connectivity index (χ3v) is 5.64. The second kappa shape index (κ2) is 7.29. The van der Waals surface area contributed by atoms with E-state index in [1.165, 1.54) is 6.26 Å². The zero-order valence-electron chi connectivity index (χ0n) is 14.3. The zero-order chi connectivity index (χ0) is 17.9. The molecule has 26 heavy (non-hydrogen) atoms. The van der Waals surface area contributed by atoms with Crippen LogP contribution in [0.2, 0.25) is 0 Å². The number of thiazole rings is 1. The summed E-state index contributed by atoms with van der Waals surface area (Å²) in [4.78, 5) is 32.9. The van der Waals surface area contributed by atoms with Gasteiger partial charge in [0.25, 0.3) is 5.91 Å². The van der Waals surface area contributed by atoms with Crippen molar-refractivity contribution in [1.82, 2.24) is 14.8 Å². The van der Waals surface area contributed by atoms with Crippen molar-refractivity contribution < 1.29 is 14.0 Å². The van der Waals surface area contributed by atoms with Gasteiger partial charge in [0.15, 0.2) is 5.76 Å². The van der Waals surface area contributed by atoms with Crippen molar-refractivity contribution in [2.75, 3.05) is 26.2 Å². The highest BCUT2D eigenvalue weighted by atomic mass is 32.1. The van der Waals surface area contributed by atoms with Crippen molar-refractivity contribution in [2.45, 2.75) is 12.8 Å². The first-order valence-electron chi connectivity index (χ1n) is 8.66. The van der Waals surface area contributed by atoms with E-state index in [1.807, 2.05) is 29.2 Å². The third-order valence-electron chi connectivity index (χ3n) is 4.54. The normalized spacial score (nSPS) is 14.8. The summed E-state index contributed by atoms with van der Waals surface area (Å²) >= 11 is 1.64. The van der Waals surface area contributed by atoms with Crippen LogP contribution in [0.1, 0.15) is 22.0 Å². The van der Waals surface area contributed by atoms with Crippen molar-refractivity contribution in [2.24, 2.45) is 0 Å². The molecule has 0 radical (unpaired) electrons. The van der Waals surface area contributed by atoms with Crippen molar-refractivity contribution in [3.05, 3.63) is 53.4 Å². The Kier molecular flexibility index (Phi) is 4.71. The molecule has 0 unspecified atom stereocenters. The maximum Gasteiger partial charge on any atom is 0.289 e. The van der Waals surface area contributed by atoms with Crippen LogP contribution in [0.3, 0.4) is 0 Å². The Morgan fingerprint density at radius 1 is 1.04 bits per heavy atom. The minimum atomic E-state index is -0.114. The molecular weight excluding hydrogens is 350 g/mol. The van der Waals surface area contributed by atoms with Gasteiger partial charge >= 0.3 is 0 Å². The Labute approximate surface area is 155 Å². The van der Waals surface area contributed by atoms with Crippen LogP contribution in [-0.2, 0) is 11.2 Å². The number of rotatable bonds is 4. The van der Waals surface area contributed by atoms with E-state index in [0.29, 0.717) is 44.8 Å². The maximum absolute atomic E-state index is 12.5. The van der Waals surface area contributed by atoms with E-state index in [0.717, 1.165) is 15.2 Å². The number of fused-ring (bicyclic) bond motifs is 1. The van der Waals surface area contributed by atoms with Crippen LogP contribution in [-0.4, -0.2) is 52.8 Å². The van der Waals surface area contributed by atoms with Gasteiger partial charge in [-0.1, -0.05) is 12.1 Å². The highest BCUT2D eigenvalue weighted by Gasteiger charge is 2.25. The van der Waals surface area contributed by atoms with Crippen molar-refractivity contribution in [3.63, 3.8) is 0 Å². The molecule has 0 N–H and O–H groups in total. The molecule has 1 aromatic carbocycles. The number of carbonyl (C=O) groups excluding carboxylic acids is 2. The van der Waals surface area contributed by atoms with Crippen LogP contribution in [0, 0.1) is 0 Å². The summed E-state index contributed by atoms with van der Waals surface area (Å²) in [7, 11) is 0. The molecule has 0 aliphatic carbocycles. The molecular formula is C19H19N3O3S. The van der Waals surface area contributed by atoms with Crippen LogP contribution in [0.15, 0.2) is 47.1 Å². The van der Waals surface area contributed by atoms with Crippen LogP contribution in [0.4, 0.5) is 0 Å². The molecule has 0 bridgehead atoms. The second-order valence-corrected chi connectivity index (χ2v) is 7.34. The average Bonchev–Trinajstić information content (AvgIpc) is 3.35. The number of piperazine rings is 1. The largest absolute Gasteiger partial charge is 0.459 e. The van der Waals surface area contributed by atoms with Crippen LogP contribution in [0.25, 0.3) is 10.2 Å². The van der Waals surface area contributed by atoms with Crippen molar-refractivity contribution in [3.8, 4) is 0 Å². The summed E-state index contributed by atoms with van der Waals surface area (Å²) in [6.07, 6.45) is 2.60. The molecule has 1 aliphatic rings. The van der Waals surface area contributed by atoms with E-state index >= 15 is 0 Å². The van der Waals surface area contributed by atoms with Gasteiger partial charge in [-0.05, 0) is 24.3 Å². The summed E-state index contributed by atoms with van der Waals surface area (Å²) in [6, 6.07) is 11.4. The van der Waals surface area contributed by atoms with E-state index in [2.05, 4.69) is 4.98 Å². The molecule has 2 amide bonds. The van der Waals surface area contributed by atoms with E-state index in [9.17, 15) is 9.59 Å². The minimum absolute atomic E-state index is 0.114. The Balaban J connectivity index is 1.29. The first-order valence-corrected chi connectivity index (χ1v) is 9.47. The van der Waals surface area contributed by atoms with Crippen molar-refractivity contribution >= 4 is 33.4 Å². The smallest absolute Gasteiger partial charge is 0.289 e. The predicted molar refractivity (Wildman–Crippen MR) is 99.1 cm³/mol. The van der Waals surface area contributed by atoms with E-state index in [-0.39, 0.29) is 11.8 Å². The van der Waals surface area contributed by atoms with Gasteiger partial charge in [-0.25, -0.2) is 4.98 Å². The molecule has 2 aromatic heterocycles. The molecule has 3 heterocycles. The highest BCUT2D eigenvalue weighted by molar-refractivity contribution is 7.18. The van der Waals surface area contributed by atoms with Crippen LogP contribution >= 0.6 is 11.3 Å². The molecule has 1 aliphatic heterocycles. The summed E-state index contributed by atoms with van der Waals surface area (Å²) in [5.41, 5.74) is 0.991. The number of hydrogen-bond acceptors (Lipinski definition) is 5. The van der Waals surface area contributed by atoms with Gasteiger partial charge in [0.05, 0.1) is 21.5 Å². The SMILES string of the molecule is O=C(CCc1nc2ccccc2s1)N1CCN(C(=O)c2ccco2)CC1. The Hall–Kier alpha value is -2.67. The van der Waals surface area contributed by atoms with Gasteiger partial charge in [-0.2, -0.15) is 0 Å². The van der Waals surface area contributed by atoms with Gasteiger partial charge in [-0.15, -0.1) is 11.3 Å². The topological polar surface area (TPSA) is 66.7 Å². The fourth-order valence-corrected chi connectivity index (χ4v) is 4.08. The number of benzene rings is 1. The molecule has 6 nitrogen and oxygen atoms in total. The van der Waals surface area contributed by atoms with Gasteiger partial charge in [0, 0.05) is 39.0 Å². The standard InChI is InChI=1S/C19H19N3O3S/c23-18(8-7-17-20-14-4-1-2-6-16(14)26-17)21-9-11-22(12-10-21)19(24)15-5-3-13-25-15/h1-6,13H,7-12H2. The molecule has 134 valence electrons. The second-order valence-electron chi connectivity index (χ2n) is 6.23. The first-order chi connectivity index (χ1) is 12.7. The minimum Gasteiger partial charge on any atom is -0.459 e. The van der Waals surface area contributed by atoms with Gasteiger partial charge in [0.1, 0.15) is 0 Å². The summed E-state index contributed by atoms with van der Waals surface area (Å²) in [5.74, 6) is 0.353. The number of carbonyl (C=O) groups is 2. The maximum atomic E-state index is 12.5. The Morgan fingerprint density at radius 2 is 1.81 bits per heavy atom. The lowest BCUT2D eigenvalue weighted by Gasteiger charge is -2.34. The molecule has 1 fully saturated rings. The third kappa shape index (κ3) is 3.48. The number of furan rings is 1. The molecule has 1 saturated heterocycles. The molecule has 4 rings (SSSR count). The average molecular weight is 369 g/mol. The lowest BCUT2D eigenvalue weighted by molar-refractivity contribution is -0.132. The number of amides is 2. The summed E-state index contributed by atoms with van der Waals surface area (Å²) in [5, 5.41) is 0.992.